The molecule has 0 spiro atoms. The third-order valence-electron chi connectivity index (χ3n) is 4.04. The number of anilines is 2. The number of rotatable bonds is 5. The number of nitrogens with zero attached hydrogens (tertiary/aromatic N) is 1. The summed E-state index contributed by atoms with van der Waals surface area (Å²) in [6, 6.07) is 10.6. The normalized spacial score (nSPS) is 12.9. The van der Waals surface area contributed by atoms with Gasteiger partial charge in [-0.25, -0.2) is 0 Å². The maximum Gasteiger partial charge on any atom is 0.265 e. The van der Waals surface area contributed by atoms with Crippen molar-refractivity contribution in [3.05, 3.63) is 42.0 Å². The van der Waals surface area contributed by atoms with Gasteiger partial charge in [0.15, 0.2) is 6.61 Å². The summed E-state index contributed by atoms with van der Waals surface area (Å²) < 4.78 is 15.9. The van der Waals surface area contributed by atoms with Gasteiger partial charge in [0.05, 0.1) is 25.6 Å². The third-order valence-corrected chi connectivity index (χ3v) is 4.04. The van der Waals surface area contributed by atoms with Gasteiger partial charge in [0, 0.05) is 6.07 Å². The first-order valence-electron chi connectivity index (χ1n) is 8.07. The quantitative estimate of drug-likeness (QED) is 0.890. The molecule has 1 aliphatic heterocycles. The van der Waals surface area contributed by atoms with E-state index in [0.717, 1.165) is 5.56 Å². The Kier molecular flexibility index (Phi) is 4.97. The molecule has 7 nitrogen and oxygen atoms in total. The lowest BCUT2D eigenvalue weighted by atomic mass is 10.1. The fourth-order valence-electron chi connectivity index (χ4n) is 2.72. The molecule has 0 aromatic heterocycles. The van der Waals surface area contributed by atoms with E-state index in [1.54, 1.807) is 31.4 Å². The summed E-state index contributed by atoms with van der Waals surface area (Å²) in [6.45, 7) is 1.73. The van der Waals surface area contributed by atoms with Gasteiger partial charge in [-0.2, -0.15) is 0 Å². The molecule has 136 valence electrons. The van der Waals surface area contributed by atoms with Gasteiger partial charge in [-0.3, -0.25) is 14.5 Å². The molecule has 1 N–H and O–H groups in total. The Morgan fingerprint density at radius 2 is 2.00 bits per heavy atom. The van der Waals surface area contributed by atoms with Gasteiger partial charge in [-0.1, -0.05) is 6.07 Å². The summed E-state index contributed by atoms with van der Waals surface area (Å²) in [6.07, 6.45) is 0. The summed E-state index contributed by atoms with van der Waals surface area (Å²) >= 11 is 0. The molecule has 2 aromatic rings. The number of amides is 2. The van der Waals surface area contributed by atoms with Gasteiger partial charge in [0.1, 0.15) is 23.8 Å². The zero-order chi connectivity index (χ0) is 18.7. The summed E-state index contributed by atoms with van der Waals surface area (Å²) in [5, 5.41) is 2.77. The molecule has 0 aliphatic carbocycles. The van der Waals surface area contributed by atoms with Crippen molar-refractivity contribution in [1.29, 1.82) is 0 Å². The molecule has 0 saturated carbocycles. The van der Waals surface area contributed by atoms with Crippen LogP contribution >= 0.6 is 0 Å². The molecule has 26 heavy (non-hydrogen) atoms. The van der Waals surface area contributed by atoms with Crippen LogP contribution in [0.1, 0.15) is 5.56 Å². The first-order valence-corrected chi connectivity index (χ1v) is 8.07. The summed E-state index contributed by atoms with van der Waals surface area (Å²) in [7, 11) is 3.06. The molecule has 3 rings (SSSR count). The van der Waals surface area contributed by atoms with Crippen molar-refractivity contribution in [1.82, 2.24) is 0 Å². The Bertz CT molecular complexity index is 850. The Morgan fingerprint density at radius 3 is 2.73 bits per heavy atom. The average molecular weight is 356 g/mol. The number of benzene rings is 2. The van der Waals surface area contributed by atoms with Gasteiger partial charge >= 0.3 is 0 Å². The number of nitrogens with one attached hydrogen (secondary N) is 1. The van der Waals surface area contributed by atoms with Crippen molar-refractivity contribution in [3.63, 3.8) is 0 Å². The lowest BCUT2D eigenvalue weighted by Crippen LogP contribution is -2.43. The standard InChI is InChI=1S/C19H20N2O5/c1-12-4-7-15-17(8-12)26-11-19(23)21(15)10-18(22)20-14-6-5-13(24-2)9-16(14)25-3/h4-9H,10-11H2,1-3H3,(H,20,22). The number of carbonyl (C=O) groups excluding carboxylic acids is 2. The van der Waals surface area contributed by atoms with Crippen LogP contribution < -0.4 is 24.4 Å². The highest BCUT2D eigenvalue weighted by atomic mass is 16.5. The Labute approximate surface area is 151 Å². The zero-order valence-corrected chi connectivity index (χ0v) is 14.9. The van der Waals surface area contributed by atoms with Crippen molar-refractivity contribution >= 4 is 23.2 Å². The maximum absolute atomic E-state index is 12.5. The molecule has 0 saturated heterocycles. The minimum absolute atomic E-state index is 0.0877. The molecule has 2 aromatic carbocycles. The second-order valence-corrected chi connectivity index (χ2v) is 5.85. The molecular weight excluding hydrogens is 336 g/mol. The van der Waals surface area contributed by atoms with E-state index >= 15 is 0 Å². The van der Waals surface area contributed by atoms with E-state index in [4.69, 9.17) is 14.2 Å². The average Bonchev–Trinajstić information content (AvgIpc) is 2.64. The van der Waals surface area contributed by atoms with E-state index in [-0.39, 0.29) is 25.0 Å². The molecule has 7 heteroatoms. The van der Waals surface area contributed by atoms with Crippen molar-refractivity contribution in [2.24, 2.45) is 0 Å². The predicted molar refractivity (Wildman–Crippen MR) is 97.2 cm³/mol. The smallest absolute Gasteiger partial charge is 0.265 e. The van der Waals surface area contributed by atoms with E-state index in [1.807, 2.05) is 19.1 Å². The van der Waals surface area contributed by atoms with Gasteiger partial charge < -0.3 is 19.5 Å². The molecule has 1 heterocycles. The van der Waals surface area contributed by atoms with Crippen molar-refractivity contribution in [3.8, 4) is 17.2 Å². The van der Waals surface area contributed by atoms with E-state index in [9.17, 15) is 9.59 Å². The van der Waals surface area contributed by atoms with E-state index in [0.29, 0.717) is 28.6 Å². The molecule has 0 radical (unpaired) electrons. The van der Waals surface area contributed by atoms with E-state index in [1.165, 1.54) is 12.0 Å². The number of aryl methyl sites for hydroxylation is 1. The number of carbonyl (C=O) groups is 2. The fraction of sp³-hybridized carbons (Fsp3) is 0.263. The van der Waals surface area contributed by atoms with Crippen molar-refractivity contribution < 1.29 is 23.8 Å². The molecule has 0 bridgehead atoms. The fourth-order valence-corrected chi connectivity index (χ4v) is 2.72. The summed E-state index contributed by atoms with van der Waals surface area (Å²) in [5.41, 5.74) is 2.11. The number of methoxy groups -OCH3 is 2. The van der Waals surface area contributed by atoms with Crippen LogP contribution in [0.2, 0.25) is 0 Å². The van der Waals surface area contributed by atoms with E-state index in [2.05, 4.69) is 5.32 Å². The van der Waals surface area contributed by atoms with Crippen LogP contribution in [0.5, 0.6) is 17.2 Å². The monoisotopic (exact) mass is 356 g/mol. The first-order chi connectivity index (χ1) is 12.5. The minimum atomic E-state index is -0.338. The van der Waals surface area contributed by atoms with Crippen molar-refractivity contribution in [2.45, 2.75) is 6.92 Å². The van der Waals surface area contributed by atoms with Crippen LogP contribution in [0, 0.1) is 6.92 Å². The first kappa shape index (κ1) is 17.6. The van der Waals surface area contributed by atoms with Crippen LogP contribution in [-0.2, 0) is 9.59 Å². The molecule has 0 atom stereocenters. The van der Waals surface area contributed by atoms with Gasteiger partial charge in [0.25, 0.3) is 5.91 Å². The largest absolute Gasteiger partial charge is 0.497 e. The topological polar surface area (TPSA) is 77.1 Å². The van der Waals surface area contributed by atoms with E-state index < -0.39 is 0 Å². The minimum Gasteiger partial charge on any atom is -0.497 e. The molecule has 0 unspecified atom stereocenters. The molecule has 2 amide bonds. The van der Waals surface area contributed by atoms with Crippen molar-refractivity contribution in [2.75, 3.05) is 37.6 Å². The number of hydrogen-bond donors (Lipinski definition) is 1. The molecule has 1 aliphatic rings. The van der Waals surface area contributed by atoms with Crippen LogP contribution in [-0.4, -0.2) is 39.2 Å². The summed E-state index contributed by atoms with van der Waals surface area (Å²) in [4.78, 5) is 26.1. The SMILES string of the molecule is COc1ccc(NC(=O)CN2C(=O)COc3cc(C)ccc32)c(OC)c1. The zero-order valence-electron chi connectivity index (χ0n) is 14.9. The lowest BCUT2D eigenvalue weighted by Gasteiger charge is -2.29. The number of ether oxygens (including phenoxy) is 3. The highest BCUT2D eigenvalue weighted by Crippen LogP contribution is 2.33. The van der Waals surface area contributed by atoms with Crippen LogP contribution in [0.25, 0.3) is 0 Å². The third kappa shape index (κ3) is 3.56. The molecular formula is C19H20N2O5. The molecule has 0 fully saturated rings. The number of hydrogen-bond acceptors (Lipinski definition) is 5. The van der Waals surface area contributed by atoms with Gasteiger partial charge in [-0.05, 0) is 36.8 Å². The Balaban J connectivity index is 1.77. The summed E-state index contributed by atoms with van der Waals surface area (Å²) in [5.74, 6) is 1.09. The van der Waals surface area contributed by atoms with Crippen LogP contribution in [0.3, 0.4) is 0 Å². The lowest BCUT2D eigenvalue weighted by molar-refractivity contribution is -0.123. The van der Waals surface area contributed by atoms with Crippen LogP contribution in [0.15, 0.2) is 36.4 Å². The second kappa shape index (κ2) is 7.35. The Hall–Kier alpha value is -3.22. The highest BCUT2D eigenvalue weighted by molar-refractivity contribution is 6.05. The highest BCUT2D eigenvalue weighted by Gasteiger charge is 2.27. The predicted octanol–water partition coefficient (Wildman–Crippen LogP) is 2.38. The number of fused-ring (bicyclic) bond motifs is 1. The van der Waals surface area contributed by atoms with Gasteiger partial charge in [0.2, 0.25) is 5.91 Å². The maximum atomic E-state index is 12.5. The Morgan fingerprint density at radius 1 is 1.19 bits per heavy atom. The van der Waals surface area contributed by atoms with Crippen LogP contribution in [0.4, 0.5) is 11.4 Å². The second-order valence-electron chi connectivity index (χ2n) is 5.85. The van der Waals surface area contributed by atoms with Gasteiger partial charge in [-0.15, -0.1) is 0 Å².